The fourth-order valence-electron chi connectivity index (χ4n) is 10.2. The molecule has 4 aromatic rings. The van der Waals surface area contributed by atoms with E-state index in [0.29, 0.717) is 53.5 Å². The number of piperazine rings is 1. The molecular formula is C50H67ClN10O6S. The maximum absolute atomic E-state index is 12.5. The number of carbonyl (C=O) groups excluding carboxylic acids is 2. The summed E-state index contributed by atoms with van der Waals surface area (Å²) in [5.74, 6) is 1.96. The van der Waals surface area contributed by atoms with Gasteiger partial charge in [-0.1, -0.05) is 30.7 Å². The topological polar surface area (TPSA) is 165 Å². The number of carbonyl (C=O) groups is 2. The summed E-state index contributed by atoms with van der Waals surface area (Å²) in [6.45, 7) is 12.0. The Balaban J connectivity index is 0.785. The van der Waals surface area contributed by atoms with Crippen LogP contribution < -0.4 is 39.5 Å². The van der Waals surface area contributed by atoms with Crippen molar-refractivity contribution < 1.29 is 27.5 Å². The molecule has 8 rings (SSSR count). The lowest BCUT2D eigenvalue weighted by Crippen LogP contribution is -2.53. The first-order valence-corrected chi connectivity index (χ1v) is 26.3. The number of sulfonamides is 1. The number of halogens is 1. The highest BCUT2D eigenvalue weighted by atomic mass is 35.5. The Labute approximate surface area is 406 Å². The third-order valence-electron chi connectivity index (χ3n) is 14.4. The predicted molar refractivity (Wildman–Crippen MR) is 271 cm³/mol. The van der Waals surface area contributed by atoms with E-state index in [9.17, 15) is 18.0 Å². The summed E-state index contributed by atoms with van der Waals surface area (Å²) in [7, 11) is 1.09. The van der Waals surface area contributed by atoms with Crippen LogP contribution in [0.4, 0.5) is 40.2 Å². The van der Waals surface area contributed by atoms with Crippen molar-refractivity contribution in [3.05, 3.63) is 76.9 Å². The molecule has 4 aliphatic rings. The molecule has 68 heavy (non-hydrogen) atoms. The molecule has 1 atom stereocenters. The highest BCUT2D eigenvalue weighted by Gasteiger charge is 2.31. The van der Waals surface area contributed by atoms with Crippen LogP contribution in [0.5, 0.6) is 11.5 Å². The first-order valence-electron chi connectivity index (χ1n) is 24.1. The third-order valence-corrected chi connectivity index (χ3v) is 15.9. The van der Waals surface area contributed by atoms with Crippen LogP contribution in [-0.2, 0) is 26.0 Å². The van der Waals surface area contributed by atoms with Crippen LogP contribution in [-0.4, -0.2) is 132 Å². The Morgan fingerprint density at radius 2 is 1.57 bits per heavy atom. The lowest BCUT2D eigenvalue weighted by molar-refractivity contribution is -0.134. The number of ether oxygens (including phenoxy) is 2. The van der Waals surface area contributed by atoms with Gasteiger partial charge in [0.25, 0.3) is 0 Å². The number of benzene rings is 3. The highest BCUT2D eigenvalue weighted by Crippen LogP contribution is 2.39. The number of aryl methyl sites for hydroxylation is 1. The quantitative estimate of drug-likeness (QED) is 0.0897. The zero-order valence-electron chi connectivity index (χ0n) is 40.1. The minimum absolute atomic E-state index is 0.173. The number of nitrogens with one attached hydrogen (secondary N) is 3. The minimum atomic E-state index is -3.58. The molecule has 16 nitrogen and oxygen atoms in total. The fourth-order valence-corrected chi connectivity index (χ4v) is 10.9. The van der Waals surface area contributed by atoms with E-state index >= 15 is 0 Å². The van der Waals surface area contributed by atoms with Crippen molar-refractivity contribution >= 4 is 73.6 Å². The van der Waals surface area contributed by atoms with Gasteiger partial charge in [0, 0.05) is 95.4 Å². The molecule has 366 valence electrons. The Morgan fingerprint density at radius 3 is 2.24 bits per heavy atom. The van der Waals surface area contributed by atoms with Gasteiger partial charge in [0.15, 0.2) is 5.82 Å². The second-order valence-electron chi connectivity index (χ2n) is 18.6. The lowest BCUT2D eigenvalue weighted by atomic mass is 9.89. The van der Waals surface area contributed by atoms with E-state index in [1.807, 2.05) is 0 Å². The summed E-state index contributed by atoms with van der Waals surface area (Å²) in [6.07, 6.45) is 11.7. The van der Waals surface area contributed by atoms with Gasteiger partial charge in [0.2, 0.25) is 27.8 Å². The van der Waals surface area contributed by atoms with Crippen LogP contribution in [0, 0.1) is 5.92 Å². The van der Waals surface area contributed by atoms with Crippen molar-refractivity contribution in [2.24, 2.45) is 5.92 Å². The summed E-state index contributed by atoms with van der Waals surface area (Å²) >= 11 is 6.57. The first kappa shape index (κ1) is 49.1. The molecule has 0 radical (unpaired) electrons. The van der Waals surface area contributed by atoms with E-state index < -0.39 is 10.0 Å². The van der Waals surface area contributed by atoms with E-state index in [-0.39, 0.29) is 22.8 Å². The molecule has 0 saturated carbocycles. The number of rotatable bonds is 17. The van der Waals surface area contributed by atoms with Gasteiger partial charge in [-0.25, -0.2) is 13.4 Å². The molecule has 0 bridgehead atoms. The number of methoxy groups -OCH3 is 2. The van der Waals surface area contributed by atoms with Crippen LogP contribution in [0.25, 0.3) is 0 Å². The molecule has 3 aromatic carbocycles. The average Bonchev–Trinajstić information content (AvgIpc) is 3.35. The van der Waals surface area contributed by atoms with E-state index in [2.05, 4.69) is 88.8 Å². The normalized spacial score (nSPS) is 19.2. The fraction of sp³-hybridized carbons (Fsp3) is 0.520. The summed E-state index contributed by atoms with van der Waals surface area (Å²) in [6, 6.07) is 18.3. The maximum Gasteiger partial charge on any atom is 0.234 e. The lowest BCUT2D eigenvalue weighted by Gasteiger charge is -2.43. The number of amides is 2. The van der Waals surface area contributed by atoms with Crippen LogP contribution in [0.15, 0.2) is 60.8 Å². The number of piperidine rings is 3. The van der Waals surface area contributed by atoms with E-state index in [1.54, 1.807) is 25.3 Å². The molecule has 2 amide bonds. The minimum Gasteiger partial charge on any atom is -0.497 e. The molecule has 4 fully saturated rings. The molecule has 3 N–H and O–H groups in total. The molecule has 4 aliphatic heterocycles. The van der Waals surface area contributed by atoms with Gasteiger partial charge >= 0.3 is 0 Å². The summed E-state index contributed by atoms with van der Waals surface area (Å²) in [5, 5.41) is 9.28. The molecule has 0 spiro atoms. The second-order valence-corrected chi connectivity index (χ2v) is 21.0. The number of hydrogen-bond acceptors (Lipinski definition) is 14. The largest absolute Gasteiger partial charge is 0.497 e. The molecule has 1 aromatic heterocycles. The Bertz CT molecular complexity index is 2510. The number of hydrogen-bond donors (Lipinski definition) is 3. The molecule has 4 saturated heterocycles. The van der Waals surface area contributed by atoms with Gasteiger partial charge in [-0.15, -0.1) is 0 Å². The number of nitrogens with zero attached hydrogens (tertiary/aromatic N) is 7. The van der Waals surface area contributed by atoms with Gasteiger partial charge < -0.3 is 34.8 Å². The van der Waals surface area contributed by atoms with E-state index in [0.717, 1.165) is 95.0 Å². The van der Waals surface area contributed by atoms with Gasteiger partial charge in [-0.05, 0) is 105 Å². The van der Waals surface area contributed by atoms with Crippen molar-refractivity contribution in [1.29, 1.82) is 0 Å². The molecule has 18 heteroatoms. The Hall–Kier alpha value is -5.36. The van der Waals surface area contributed by atoms with Crippen LogP contribution in [0.2, 0.25) is 5.02 Å². The zero-order valence-corrected chi connectivity index (χ0v) is 41.7. The van der Waals surface area contributed by atoms with E-state index in [4.69, 9.17) is 21.1 Å². The Morgan fingerprint density at radius 1 is 0.853 bits per heavy atom. The highest BCUT2D eigenvalue weighted by molar-refractivity contribution is 7.92. The number of anilines is 7. The van der Waals surface area contributed by atoms with Gasteiger partial charge in [0.1, 0.15) is 16.5 Å². The first-order chi connectivity index (χ1) is 32.8. The second kappa shape index (κ2) is 21.9. The summed E-state index contributed by atoms with van der Waals surface area (Å²) in [5.41, 5.74) is 6.17. The summed E-state index contributed by atoms with van der Waals surface area (Å²) < 4.78 is 37.4. The molecule has 0 aliphatic carbocycles. The van der Waals surface area contributed by atoms with Crippen LogP contribution in [0.3, 0.4) is 0 Å². The third kappa shape index (κ3) is 11.7. The zero-order chi connectivity index (χ0) is 48.0. The predicted octanol–water partition coefficient (Wildman–Crippen LogP) is 7.40. The smallest absolute Gasteiger partial charge is 0.234 e. The Kier molecular flexibility index (Phi) is 15.8. The number of aromatic nitrogens is 2. The SMILES string of the molecule is CCc1cc(Nc2ncc(Cl)c(Nc3ccc(OC)cc3N(C)S(C)(=O)=O)n2)c(OC)cc1N1CCC(N2CCN(CCCC3CCN(c4ccc(C5CCC(=O)NC5=O)cc4)CC3)CC2)CC1. The van der Waals surface area contributed by atoms with Crippen molar-refractivity contribution in [3.8, 4) is 11.5 Å². The van der Waals surface area contributed by atoms with Gasteiger partial charge in [-0.3, -0.25) is 24.1 Å². The van der Waals surface area contributed by atoms with Crippen LogP contribution >= 0.6 is 11.6 Å². The molecule has 1 unspecified atom stereocenters. The number of imide groups is 1. The van der Waals surface area contributed by atoms with Gasteiger partial charge in [0.05, 0.1) is 49.7 Å². The summed E-state index contributed by atoms with van der Waals surface area (Å²) in [4.78, 5) is 43.4. The van der Waals surface area contributed by atoms with E-state index in [1.165, 1.54) is 73.8 Å². The molecule has 5 heterocycles. The standard InChI is InChI=1S/C50H67ClN10O6S/c1-6-35-30-43(54-50-52-33-41(51)48(56-50)53-42-15-13-39(66-3)31-45(42)57(2)68(5,64)65)46(67-4)32-44(35)61-24-19-38(20-25-61)60-28-26-58(27-29-60)21-7-8-34-17-22-59(23-18-34)37-11-9-36(10-12-37)40-14-16-47(62)55-49(40)63/h9-13,15,30-34,38,40H,6-8,14,16-29H2,1-5H3,(H,55,62,63)(H2,52,53,54,56). The monoisotopic (exact) mass is 970 g/mol. The van der Waals surface area contributed by atoms with Crippen molar-refractivity contribution in [2.75, 3.05) is 111 Å². The van der Waals surface area contributed by atoms with Crippen molar-refractivity contribution in [1.82, 2.24) is 25.1 Å². The van der Waals surface area contributed by atoms with Crippen molar-refractivity contribution in [3.63, 3.8) is 0 Å². The maximum atomic E-state index is 12.5. The van der Waals surface area contributed by atoms with Crippen LogP contribution in [0.1, 0.15) is 75.3 Å². The average molecular weight is 972 g/mol. The van der Waals surface area contributed by atoms with Crippen molar-refractivity contribution in [2.45, 2.75) is 76.7 Å². The van der Waals surface area contributed by atoms with Gasteiger partial charge in [-0.2, -0.15) is 4.98 Å². The molecular weight excluding hydrogens is 904 g/mol.